The van der Waals surface area contributed by atoms with Gasteiger partial charge in [0, 0.05) is 23.5 Å². The summed E-state index contributed by atoms with van der Waals surface area (Å²) in [6.07, 6.45) is 4.62. The largest absolute Gasteiger partial charge is 0.388 e. The summed E-state index contributed by atoms with van der Waals surface area (Å²) in [5, 5.41) is 1.21. The van der Waals surface area contributed by atoms with Gasteiger partial charge < -0.3 is 15.7 Å². The Morgan fingerprint density at radius 3 is 2.69 bits per heavy atom. The van der Waals surface area contributed by atoms with E-state index in [1.54, 1.807) is 0 Å². The Bertz CT molecular complexity index is 1040. The monoisotopic (exact) mass is 343 g/mol. The fourth-order valence-corrected chi connectivity index (χ4v) is 3.23. The summed E-state index contributed by atoms with van der Waals surface area (Å²) in [6, 6.07) is 18.3. The Morgan fingerprint density at radius 1 is 1.12 bits per heavy atom. The highest BCUT2D eigenvalue weighted by molar-refractivity contribution is 5.83. The van der Waals surface area contributed by atoms with Crippen LogP contribution in [0.5, 0.6) is 0 Å². The number of hydrogen-bond donors (Lipinski definition) is 3. The number of aliphatic imine (C=N–C) groups is 1. The molecule has 4 aromatic rings. The van der Waals surface area contributed by atoms with Gasteiger partial charge in [0.2, 0.25) is 0 Å². The zero-order chi connectivity index (χ0) is 17.9. The van der Waals surface area contributed by atoms with Gasteiger partial charge in [-0.1, -0.05) is 48.5 Å². The molecule has 26 heavy (non-hydrogen) atoms. The molecule has 0 saturated carbocycles. The van der Waals surface area contributed by atoms with Crippen molar-refractivity contribution in [2.45, 2.75) is 19.4 Å². The van der Waals surface area contributed by atoms with Gasteiger partial charge in [-0.2, -0.15) is 0 Å². The first-order chi connectivity index (χ1) is 12.7. The number of fused-ring (bicyclic) bond motifs is 1. The van der Waals surface area contributed by atoms with Gasteiger partial charge in [0.1, 0.15) is 11.9 Å². The summed E-state index contributed by atoms with van der Waals surface area (Å²) in [5.41, 5.74) is 10.3. The maximum absolute atomic E-state index is 5.89. The molecule has 0 amide bonds. The maximum atomic E-state index is 5.89. The first-order valence-electron chi connectivity index (χ1n) is 8.66. The van der Waals surface area contributed by atoms with Gasteiger partial charge in [-0.05, 0) is 24.1 Å². The number of para-hydroxylation sites is 1. The number of amidine groups is 1. The molecule has 0 radical (unpaired) electrons. The molecule has 5 heteroatoms. The average molecular weight is 343 g/mol. The molecule has 0 aliphatic rings. The molecule has 0 aliphatic heterocycles. The molecule has 4 rings (SSSR count). The highest BCUT2D eigenvalue weighted by Crippen LogP contribution is 2.27. The zero-order valence-corrected chi connectivity index (χ0v) is 14.6. The first-order valence-corrected chi connectivity index (χ1v) is 8.66. The smallest absolute Gasteiger partial charge is 0.131 e. The summed E-state index contributed by atoms with van der Waals surface area (Å²) < 4.78 is 0. The van der Waals surface area contributed by atoms with E-state index in [1.807, 2.05) is 49.6 Å². The second-order valence-electron chi connectivity index (χ2n) is 6.40. The third-order valence-corrected chi connectivity index (χ3v) is 4.44. The number of aromatic amines is 2. The normalized spacial score (nSPS) is 13.2. The molecule has 0 fully saturated rings. The fraction of sp³-hybridized carbons (Fsp3) is 0.143. The molecule has 2 heterocycles. The Hall–Kier alpha value is -3.34. The Kier molecular flexibility index (Phi) is 4.27. The van der Waals surface area contributed by atoms with E-state index >= 15 is 0 Å². The van der Waals surface area contributed by atoms with E-state index in [1.165, 1.54) is 10.9 Å². The number of nitrogens with one attached hydrogen (secondary N) is 2. The third-order valence-electron chi connectivity index (χ3n) is 4.44. The second-order valence-corrected chi connectivity index (χ2v) is 6.40. The Balaban J connectivity index is 1.68. The predicted octanol–water partition coefficient (Wildman–Crippen LogP) is 4.22. The second kappa shape index (κ2) is 6.88. The average Bonchev–Trinajstić information content (AvgIpc) is 3.29. The van der Waals surface area contributed by atoms with E-state index in [-0.39, 0.29) is 6.04 Å². The summed E-state index contributed by atoms with van der Waals surface area (Å²) in [4.78, 5) is 15.9. The van der Waals surface area contributed by atoms with E-state index in [9.17, 15) is 0 Å². The third kappa shape index (κ3) is 3.24. The lowest BCUT2D eigenvalue weighted by Crippen LogP contribution is -2.11. The van der Waals surface area contributed by atoms with Crippen molar-refractivity contribution in [2.75, 3.05) is 0 Å². The minimum atomic E-state index is -0.156. The molecular weight excluding hydrogens is 322 g/mol. The molecule has 0 saturated heterocycles. The van der Waals surface area contributed by atoms with Gasteiger partial charge in [-0.3, -0.25) is 4.99 Å². The molecule has 2 aromatic heterocycles. The van der Waals surface area contributed by atoms with Crippen LogP contribution >= 0.6 is 0 Å². The van der Waals surface area contributed by atoms with E-state index in [2.05, 4.69) is 44.2 Å². The number of benzene rings is 2. The van der Waals surface area contributed by atoms with Gasteiger partial charge in [-0.25, -0.2) is 4.98 Å². The van der Waals surface area contributed by atoms with E-state index in [0.717, 1.165) is 29.0 Å². The number of aromatic nitrogens is 3. The van der Waals surface area contributed by atoms with Crippen molar-refractivity contribution < 1.29 is 0 Å². The van der Waals surface area contributed by atoms with Crippen molar-refractivity contribution in [3.63, 3.8) is 0 Å². The van der Waals surface area contributed by atoms with Crippen molar-refractivity contribution in [3.8, 4) is 11.3 Å². The predicted molar refractivity (Wildman–Crippen MR) is 106 cm³/mol. The quantitative estimate of drug-likeness (QED) is 0.374. The molecule has 0 bridgehead atoms. The summed E-state index contributed by atoms with van der Waals surface area (Å²) in [5.74, 6) is 1.37. The van der Waals surface area contributed by atoms with Crippen molar-refractivity contribution in [2.24, 2.45) is 10.7 Å². The van der Waals surface area contributed by atoms with Crippen LogP contribution < -0.4 is 5.73 Å². The molecule has 4 N–H and O–H groups in total. The van der Waals surface area contributed by atoms with Crippen LogP contribution in [0.3, 0.4) is 0 Å². The van der Waals surface area contributed by atoms with E-state index in [0.29, 0.717) is 5.84 Å². The molecule has 1 atom stereocenters. The van der Waals surface area contributed by atoms with Crippen LogP contribution in [0.1, 0.15) is 24.4 Å². The number of imidazole rings is 1. The van der Waals surface area contributed by atoms with Crippen LogP contribution in [0.4, 0.5) is 0 Å². The summed E-state index contributed by atoms with van der Waals surface area (Å²) >= 11 is 0. The summed E-state index contributed by atoms with van der Waals surface area (Å²) in [7, 11) is 0. The van der Waals surface area contributed by atoms with E-state index in [4.69, 9.17) is 5.73 Å². The van der Waals surface area contributed by atoms with Crippen LogP contribution in [0, 0.1) is 0 Å². The number of rotatable bonds is 5. The van der Waals surface area contributed by atoms with Crippen LogP contribution in [0.15, 0.2) is 72.0 Å². The van der Waals surface area contributed by atoms with Crippen LogP contribution in [-0.2, 0) is 6.42 Å². The number of nitrogens with zero attached hydrogens (tertiary/aromatic N) is 2. The molecule has 0 spiro atoms. The molecular formula is C21H21N5. The lowest BCUT2D eigenvalue weighted by atomic mass is 10.0. The number of nitrogens with two attached hydrogens (primary N) is 1. The van der Waals surface area contributed by atoms with Crippen LogP contribution in [-0.4, -0.2) is 20.8 Å². The highest BCUT2D eigenvalue weighted by atomic mass is 15.0. The van der Waals surface area contributed by atoms with Crippen LogP contribution in [0.25, 0.3) is 22.2 Å². The molecule has 130 valence electrons. The van der Waals surface area contributed by atoms with Gasteiger partial charge >= 0.3 is 0 Å². The van der Waals surface area contributed by atoms with Crippen molar-refractivity contribution in [3.05, 3.63) is 78.4 Å². The van der Waals surface area contributed by atoms with E-state index < -0.39 is 0 Å². The number of H-pyrrole nitrogens is 2. The van der Waals surface area contributed by atoms with Gasteiger partial charge in [-0.15, -0.1) is 0 Å². The van der Waals surface area contributed by atoms with Gasteiger partial charge in [0.25, 0.3) is 0 Å². The Labute approximate surface area is 152 Å². The van der Waals surface area contributed by atoms with Crippen molar-refractivity contribution in [1.82, 2.24) is 15.0 Å². The lowest BCUT2D eigenvalue weighted by molar-refractivity contribution is 0.682. The minimum absolute atomic E-state index is 0.156. The van der Waals surface area contributed by atoms with Gasteiger partial charge in [0.15, 0.2) is 0 Å². The van der Waals surface area contributed by atoms with Gasteiger partial charge in [0.05, 0.1) is 17.7 Å². The molecule has 2 aromatic carbocycles. The zero-order valence-electron chi connectivity index (χ0n) is 14.6. The highest BCUT2D eigenvalue weighted by Gasteiger charge is 2.17. The molecule has 1 unspecified atom stereocenters. The lowest BCUT2D eigenvalue weighted by Gasteiger charge is -2.10. The summed E-state index contributed by atoms with van der Waals surface area (Å²) in [6.45, 7) is 1.81. The minimum Gasteiger partial charge on any atom is -0.388 e. The first kappa shape index (κ1) is 16.1. The Morgan fingerprint density at radius 2 is 1.88 bits per heavy atom. The molecule has 0 aliphatic carbocycles. The fourth-order valence-electron chi connectivity index (χ4n) is 3.23. The molecule has 5 nitrogen and oxygen atoms in total. The van der Waals surface area contributed by atoms with Crippen LogP contribution in [0.2, 0.25) is 0 Å². The van der Waals surface area contributed by atoms with Crippen molar-refractivity contribution >= 4 is 16.7 Å². The maximum Gasteiger partial charge on any atom is 0.131 e. The standard InChI is InChI=1S/C21H21N5/c1-14(22)25-19(11-16-12-23-18-10-6-5-9-17(16)18)21-24-13-20(26-21)15-7-3-2-4-8-15/h2-10,12-13,19,23H,11H2,1H3,(H2,22,25)(H,24,26). The topological polar surface area (TPSA) is 82.8 Å². The number of hydrogen-bond acceptors (Lipinski definition) is 2. The SMILES string of the molecule is CC(N)=NC(Cc1c[nH]c2ccccc12)c1ncc(-c2ccccc2)[nH]1. The van der Waals surface area contributed by atoms with Crippen molar-refractivity contribution in [1.29, 1.82) is 0 Å².